The monoisotopic (exact) mass is 258 g/mol. The van der Waals surface area contributed by atoms with Crippen LogP contribution in [-0.4, -0.2) is 48.6 Å². The zero-order chi connectivity index (χ0) is 12.9. The van der Waals surface area contributed by atoms with Crippen molar-refractivity contribution in [2.75, 3.05) is 38.2 Å². The normalized spacial score (nSPS) is 24.2. The van der Waals surface area contributed by atoms with Crippen LogP contribution in [0.5, 0.6) is 0 Å². The summed E-state index contributed by atoms with van der Waals surface area (Å²) in [5, 5.41) is 3.63. The molecule has 3 heteroatoms. The van der Waals surface area contributed by atoms with Gasteiger partial charge in [-0.2, -0.15) is 11.8 Å². The number of likely N-dealkylation sites (tertiary alicyclic amines) is 1. The molecule has 2 unspecified atom stereocenters. The van der Waals surface area contributed by atoms with Gasteiger partial charge in [0.05, 0.1) is 0 Å². The molecule has 0 aliphatic carbocycles. The quantitative estimate of drug-likeness (QED) is 0.788. The molecule has 17 heavy (non-hydrogen) atoms. The fourth-order valence-corrected chi connectivity index (χ4v) is 3.15. The zero-order valence-electron chi connectivity index (χ0n) is 12.3. The molecule has 1 rings (SSSR count). The molecular weight excluding hydrogens is 228 g/mol. The van der Waals surface area contributed by atoms with E-state index in [0.717, 1.165) is 11.8 Å². The largest absolute Gasteiger partial charge is 0.312 e. The van der Waals surface area contributed by atoms with E-state index in [2.05, 4.69) is 44.2 Å². The van der Waals surface area contributed by atoms with E-state index in [0.29, 0.717) is 0 Å². The van der Waals surface area contributed by atoms with Crippen molar-refractivity contribution in [2.24, 2.45) is 11.8 Å². The van der Waals surface area contributed by atoms with Gasteiger partial charge in [-0.1, -0.05) is 6.92 Å². The first-order valence-corrected chi connectivity index (χ1v) is 8.26. The Morgan fingerprint density at radius 1 is 1.41 bits per heavy atom. The van der Waals surface area contributed by atoms with Crippen molar-refractivity contribution in [1.29, 1.82) is 0 Å². The van der Waals surface area contributed by atoms with E-state index in [1.807, 2.05) is 11.8 Å². The standard InChI is InChI=1S/C14H30N2S/c1-12(11-17-5)9-16-7-6-13(10-16)8-15-14(2,3)4/h12-13,15H,6-11H2,1-5H3. The average Bonchev–Trinajstić information content (AvgIpc) is 2.62. The van der Waals surface area contributed by atoms with Gasteiger partial charge in [-0.15, -0.1) is 0 Å². The van der Waals surface area contributed by atoms with Crippen LogP contribution in [0.2, 0.25) is 0 Å². The van der Waals surface area contributed by atoms with Crippen LogP contribution in [0.1, 0.15) is 34.1 Å². The van der Waals surface area contributed by atoms with Gasteiger partial charge in [0.15, 0.2) is 0 Å². The van der Waals surface area contributed by atoms with E-state index < -0.39 is 0 Å². The molecule has 1 aliphatic rings. The lowest BCUT2D eigenvalue weighted by Gasteiger charge is -2.24. The van der Waals surface area contributed by atoms with Crippen LogP contribution >= 0.6 is 11.8 Å². The summed E-state index contributed by atoms with van der Waals surface area (Å²) in [4.78, 5) is 2.65. The summed E-state index contributed by atoms with van der Waals surface area (Å²) in [6.45, 7) is 14.2. The highest BCUT2D eigenvalue weighted by atomic mass is 32.2. The lowest BCUT2D eigenvalue weighted by atomic mass is 10.1. The summed E-state index contributed by atoms with van der Waals surface area (Å²) in [5.74, 6) is 2.98. The van der Waals surface area contributed by atoms with Gasteiger partial charge in [0.1, 0.15) is 0 Å². The molecule has 0 saturated carbocycles. The maximum atomic E-state index is 3.63. The van der Waals surface area contributed by atoms with E-state index in [-0.39, 0.29) is 5.54 Å². The summed E-state index contributed by atoms with van der Waals surface area (Å²) in [7, 11) is 0. The number of nitrogens with one attached hydrogen (secondary N) is 1. The Morgan fingerprint density at radius 2 is 2.12 bits per heavy atom. The van der Waals surface area contributed by atoms with E-state index in [1.165, 1.54) is 38.4 Å². The number of rotatable bonds is 6. The highest BCUT2D eigenvalue weighted by Gasteiger charge is 2.24. The predicted octanol–water partition coefficient (Wildman–Crippen LogP) is 2.70. The fraction of sp³-hybridized carbons (Fsp3) is 1.00. The predicted molar refractivity (Wildman–Crippen MR) is 79.8 cm³/mol. The summed E-state index contributed by atoms with van der Waals surface area (Å²) in [5.41, 5.74) is 0.263. The Hall–Kier alpha value is 0.270. The van der Waals surface area contributed by atoms with Crippen LogP contribution in [0, 0.1) is 11.8 Å². The molecule has 1 fully saturated rings. The van der Waals surface area contributed by atoms with Crippen molar-refractivity contribution in [3.05, 3.63) is 0 Å². The van der Waals surface area contributed by atoms with Crippen LogP contribution in [0.15, 0.2) is 0 Å². The van der Waals surface area contributed by atoms with Crippen molar-refractivity contribution < 1.29 is 0 Å². The van der Waals surface area contributed by atoms with Crippen LogP contribution in [0.4, 0.5) is 0 Å². The first-order chi connectivity index (χ1) is 7.90. The topological polar surface area (TPSA) is 15.3 Å². The molecule has 0 amide bonds. The molecule has 0 spiro atoms. The molecule has 102 valence electrons. The molecule has 1 heterocycles. The lowest BCUT2D eigenvalue weighted by molar-refractivity contribution is 0.282. The fourth-order valence-electron chi connectivity index (χ4n) is 2.47. The first-order valence-electron chi connectivity index (χ1n) is 6.87. The maximum absolute atomic E-state index is 3.63. The zero-order valence-corrected chi connectivity index (χ0v) is 13.1. The Morgan fingerprint density at radius 3 is 2.71 bits per heavy atom. The summed E-state index contributed by atoms with van der Waals surface area (Å²) in [6.07, 6.45) is 3.58. The van der Waals surface area contributed by atoms with Crippen molar-refractivity contribution in [3.63, 3.8) is 0 Å². The minimum absolute atomic E-state index is 0.263. The van der Waals surface area contributed by atoms with Crippen LogP contribution < -0.4 is 5.32 Å². The van der Waals surface area contributed by atoms with E-state index >= 15 is 0 Å². The van der Waals surface area contributed by atoms with Crippen molar-refractivity contribution in [2.45, 2.75) is 39.7 Å². The summed E-state index contributed by atoms with van der Waals surface area (Å²) in [6, 6.07) is 0. The van der Waals surface area contributed by atoms with Gasteiger partial charge in [-0.25, -0.2) is 0 Å². The third-order valence-corrected chi connectivity index (χ3v) is 4.21. The molecule has 0 radical (unpaired) electrons. The minimum Gasteiger partial charge on any atom is -0.312 e. The maximum Gasteiger partial charge on any atom is 0.00966 e. The van der Waals surface area contributed by atoms with Gasteiger partial charge in [0.25, 0.3) is 0 Å². The van der Waals surface area contributed by atoms with Gasteiger partial charge >= 0.3 is 0 Å². The second kappa shape index (κ2) is 7.01. The molecule has 1 saturated heterocycles. The van der Waals surface area contributed by atoms with Gasteiger partial charge < -0.3 is 10.2 Å². The molecular formula is C14H30N2S. The Bertz CT molecular complexity index is 213. The third-order valence-electron chi connectivity index (χ3n) is 3.31. The van der Waals surface area contributed by atoms with Crippen molar-refractivity contribution in [3.8, 4) is 0 Å². The smallest absolute Gasteiger partial charge is 0.00966 e. The van der Waals surface area contributed by atoms with Crippen molar-refractivity contribution >= 4 is 11.8 Å². The number of hydrogen-bond donors (Lipinski definition) is 1. The number of thioether (sulfide) groups is 1. The second-order valence-electron chi connectivity index (χ2n) is 6.61. The Kier molecular flexibility index (Phi) is 6.32. The van der Waals surface area contributed by atoms with Crippen LogP contribution in [0.25, 0.3) is 0 Å². The van der Waals surface area contributed by atoms with Gasteiger partial charge in [0.2, 0.25) is 0 Å². The van der Waals surface area contributed by atoms with Gasteiger partial charge in [-0.05, 0) is 64.1 Å². The first kappa shape index (κ1) is 15.3. The van der Waals surface area contributed by atoms with Crippen LogP contribution in [0.3, 0.4) is 0 Å². The Labute approximate surface area is 112 Å². The van der Waals surface area contributed by atoms with Gasteiger partial charge in [0, 0.05) is 18.6 Å². The minimum atomic E-state index is 0.263. The summed E-state index contributed by atoms with van der Waals surface area (Å²) < 4.78 is 0. The second-order valence-corrected chi connectivity index (χ2v) is 7.52. The molecule has 2 nitrogen and oxygen atoms in total. The molecule has 0 aromatic heterocycles. The Balaban J connectivity index is 2.18. The molecule has 0 bridgehead atoms. The van der Waals surface area contributed by atoms with E-state index in [1.54, 1.807) is 0 Å². The number of hydrogen-bond acceptors (Lipinski definition) is 3. The highest BCUT2D eigenvalue weighted by Crippen LogP contribution is 2.18. The lowest BCUT2D eigenvalue weighted by Crippen LogP contribution is -2.40. The van der Waals surface area contributed by atoms with Crippen molar-refractivity contribution in [1.82, 2.24) is 10.2 Å². The molecule has 0 aromatic rings. The van der Waals surface area contributed by atoms with E-state index in [9.17, 15) is 0 Å². The van der Waals surface area contributed by atoms with E-state index in [4.69, 9.17) is 0 Å². The molecule has 0 aromatic carbocycles. The summed E-state index contributed by atoms with van der Waals surface area (Å²) >= 11 is 1.97. The number of nitrogens with zero attached hydrogens (tertiary/aromatic N) is 1. The molecule has 1 aliphatic heterocycles. The third kappa shape index (κ3) is 6.68. The molecule has 2 atom stereocenters. The highest BCUT2D eigenvalue weighted by molar-refractivity contribution is 7.98. The van der Waals surface area contributed by atoms with Gasteiger partial charge in [-0.3, -0.25) is 0 Å². The average molecular weight is 258 g/mol. The van der Waals surface area contributed by atoms with Crippen LogP contribution in [-0.2, 0) is 0 Å². The molecule has 1 N–H and O–H groups in total. The SMILES string of the molecule is CSCC(C)CN1CCC(CNC(C)(C)C)C1.